The van der Waals surface area contributed by atoms with Gasteiger partial charge in [-0.25, -0.2) is 9.18 Å². The van der Waals surface area contributed by atoms with E-state index in [1.807, 2.05) is 6.07 Å². The molecule has 2 aromatic rings. The van der Waals surface area contributed by atoms with Crippen molar-refractivity contribution in [1.82, 2.24) is 0 Å². The summed E-state index contributed by atoms with van der Waals surface area (Å²) < 4.78 is 13.4. The summed E-state index contributed by atoms with van der Waals surface area (Å²) in [5, 5.41) is 17.4. The molecule has 84 valence electrons. The molecule has 0 bridgehead atoms. The van der Waals surface area contributed by atoms with Crippen LogP contribution in [0.25, 0.3) is 10.4 Å². The van der Waals surface area contributed by atoms with Crippen molar-refractivity contribution in [2.24, 2.45) is 0 Å². The molecule has 17 heavy (non-hydrogen) atoms. The summed E-state index contributed by atoms with van der Waals surface area (Å²) >= 11 is 1.23. The van der Waals surface area contributed by atoms with Crippen molar-refractivity contribution in [3.8, 4) is 16.5 Å². The largest absolute Gasteiger partial charge is 0.478 e. The number of rotatable bonds is 2. The van der Waals surface area contributed by atoms with Crippen LogP contribution in [0.5, 0.6) is 0 Å². The summed E-state index contributed by atoms with van der Waals surface area (Å²) in [5.74, 6) is -2.07. The molecule has 0 saturated heterocycles. The highest BCUT2D eigenvalue weighted by molar-refractivity contribution is 7.16. The highest BCUT2D eigenvalue weighted by Gasteiger charge is 2.11. The lowest BCUT2D eigenvalue weighted by Crippen LogP contribution is -1.99. The number of hydrogen-bond donors (Lipinski definition) is 1. The summed E-state index contributed by atoms with van der Waals surface area (Å²) in [6.45, 7) is 0. The predicted octanol–water partition coefficient (Wildman–Crippen LogP) is 3.12. The first-order valence-electron chi connectivity index (χ1n) is 4.65. The Kier molecular flexibility index (Phi) is 2.90. The standard InChI is InChI=1S/C12H6FNO2S/c13-10-5-7(1-3-9(10)12(15)16)11-4-2-8(6-14)17-11/h1-5H,(H,15,16). The molecule has 3 nitrogen and oxygen atoms in total. The van der Waals surface area contributed by atoms with Crippen LogP contribution >= 0.6 is 11.3 Å². The van der Waals surface area contributed by atoms with E-state index in [0.717, 1.165) is 10.9 Å². The van der Waals surface area contributed by atoms with Crippen molar-refractivity contribution >= 4 is 17.3 Å². The van der Waals surface area contributed by atoms with Gasteiger partial charge in [0.25, 0.3) is 0 Å². The molecule has 0 spiro atoms. The van der Waals surface area contributed by atoms with E-state index in [4.69, 9.17) is 10.4 Å². The van der Waals surface area contributed by atoms with E-state index in [0.29, 0.717) is 10.4 Å². The van der Waals surface area contributed by atoms with Crippen molar-refractivity contribution in [3.05, 3.63) is 46.6 Å². The van der Waals surface area contributed by atoms with Crippen LogP contribution in [0.2, 0.25) is 0 Å². The van der Waals surface area contributed by atoms with E-state index in [2.05, 4.69) is 0 Å². The van der Waals surface area contributed by atoms with Gasteiger partial charge in [0.05, 0.1) is 5.56 Å². The number of halogens is 1. The van der Waals surface area contributed by atoms with Crippen LogP contribution in [-0.2, 0) is 0 Å². The second-order valence-electron chi connectivity index (χ2n) is 3.28. The lowest BCUT2D eigenvalue weighted by molar-refractivity contribution is 0.0692. The van der Waals surface area contributed by atoms with E-state index in [9.17, 15) is 9.18 Å². The first-order valence-corrected chi connectivity index (χ1v) is 5.46. The van der Waals surface area contributed by atoms with Gasteiger partial charge in [-0.1, -0.05) is 6.07 Å². The molecule has 0 radical (unpaired) electrons. The van der Waals surface area contributed by atoms with Crippen molar-refractivity contribution in [3.63, 3.8) is 0 Å². The van der Waals surface area contributed by atoms with E-state index in [1.165, 1.54) is 23.5 Å². The third-order valence-corrected chi connectivity index (χ3v) is 3.24. The van der Waals surface area contributed by atoms with Gasteiger partial charge in [-0.05, 0) is 29.8 Å². The van der Waals surface area contributed by atoms with Gasteiger partial charge in [0.2, 0.25) is 0 Å². The highest BCUT2D eigenvalue weighted by atomic mass is 32.1. The summed E-state index contributed by atoms with van der Waals surface area (Å²) in [6, 6.07) is 9.25. The predicted molar refractivity (Wildman–Crippen MR) is 61.4 cm³/mol. The van der Waals surface area contributed by atoms with E-state index >= 15 is 0 Å². The molecule has 0 fully saturated rings. The fourth-order valence-electron chi connectivity index (χ4n) is 1.39. The van der Waals surface area contributed by atoms with E-state index in [-0.39, 0.29) is 5.56 Å². The Bertz CT molecular complexity index is 628. The molecule has 1 aromatic heterocycles. The van der Waals surface area contributed by atoms with Crippen LogP contribution in [0, 0.1) is 17.1 Å². The maximum absolute atomic E-state index is 13.4. The Labute approximate surface area is 100 Å². The molecule has 0 unspecified atom stereocenters. The third-order valence-electron chi connectivity index (χ3n) is 2.20. The number of thiophene rings is 1. The molecule has 1 heterocycles. The molecule has 0 aliphatic rings. The fourth-order valence-corrected chi connectivity index (χ4v) is 2.19. The molecule has 1 aromatic carbocycles. The summed E-state index contributed by atoms with van der Waals surface area (Å²) in [4.78, 5) is 11.9. The molecule has 0 aliphatic heterocycles. The molecular formula is C12H6FNO2S. The second kappa shape index (κ2) is 4.36. The van der Waals surface area contributed by atoms with Gasteiger partial charge < -0.3 is 5.11 Å². The van der Waals surface area contributed by atoms with Gasteiger partial charge in [-0.15, -0.1) is 11.3 Å². The SMILES string of the molecule is N#Cc1ccc(-c2ccc(C(=O)O)c(F)c2)s1. The van der Waals surface area contributed by atoms with Crippen LogP contribution in [-0.4, -0.2) is 11.1 Å². The number of hydrogen-bond acceptors (Lipinski definition) is 3. The number of carboxylic acids is 1. The first kappa shape index (κ1) is 11.3. The van der Waals surface area contributed by atoms with Crippen LogP contribution in [0.4, 0.5) is 4.39 Å². The number of nitrogens with zero attached hydrogens (tertiary/aromatic N) is 1. The summed E-state index contributed by atoms with van der Waals surface area (Å²) in [5.41, 5.74) is 0.213. The lowest BCUT2D eigenvalue weighted by Gasteiger charge is -2.00. The van der Waals surface area contributed by atoms with Gasteiger partial charge in [0.1, 0.15) is 16.8 Å². The zero-order valence-electron chi connectivity index (χ0n) is 8.48. The quantitative estimate of drug-likeness (QED) is 0.886. The molecule has 1 N–H and O–H groups in total. The Morgan fingerprint density at radius 1 is 1.35 bits per heavy atom. The van der Waals surface area contributed by atoms with Crippen LogP contribution in [0.3, 0.4) is 0 Å². The highest BCUT2D eigenvalue weighted by Crippen LogP contribution is 2.28. The fraction of sp³-hybridized carbons (Fsp3) is 0. The number of carboxylic acid groups (broad SMARTS) is 1. The zero-order chi connectivity index (χ0) is 12.4. The second-order valence-corrected chi connectivity index (χ2v) is 4.36. The molecular weight excluding hydrogens is 241 g/mol. The third kappa shape index (κ3) is 2.17. The maximum Gasteiger partial charge on any atom is 0.338 e. The van der Waals surface area contributed by atoms with Gasteiger partial charge in [-0.2, -0.15) is 5.26 Å². The minimum absolute atomic E-state index is 0.356. The minimum Gasteiger partial charge on any atom is -0.478 e. The minimum atomic E-state index is -1.29. The molecule has 5 heteroatoms. The van der Waals surface area contributed by atoms with Crippen molar-refractivity contribution < 1.29 is 14.3 Å². The lowest BCUT2D eigenvalue weighted by atomic mass is 10.1. The van der Waals surface area contributed by atoms with Crippen molar-refractivity contribution in [1.29, 1.82) is 5.26 Å². The molecule has 0 aliphatic carbocycles. The smallest absolute Gasteiger partial charge is 0.338 e. The van der Waals surface area contributed by atoms with Crippen LogP contribution < -0.4 is 0 Å². The van der Waals surface area contributed by atoms with Gasteiger partial charge in [0, 0.05) is 4.88 Å². The average Bonchev–Trinajstić information content (AvgIpc) is 2.76. The van der Waals surface area contributed by atoms with Gasteiger partial charge >= 0.3 is 5.97 Å². The average molecular weight is 247 g/mol. The Hall–Kier alpha value is -2.19. The Morgan fingerprint density at radius 2 is 2.12 bits per heavy atom. The molecule has 2 rings (SSSR count). The summed E-state index contributed by atoms with van der Waals surface area (Å²) in [7, 11) is 0. The Morgan fingerprint density at radius 3 is 2.65 bits per heavy atom. The van der Waals surface area contributed by atoms with E-state index < -0.39 is 11.8 Å². The molecule has 0 amide bonds. The van der Waals surface area contributed by atoms with Crippen LogP contribution in [0.1, 0.15) is 15.2 Å². The van der Waals surface area contributed by atoms with Gasteiger partial charge in [0.15, 0.2) is 0 Å². The topological polar surface area (TPSA) is 61.1 Å². The normalized spacial score (nSPS) is 9.88. The number of carbonyl (C=O) groups is 1. The monoisotopic (exact) mass is 247 g/mol. The maximum atomic E-state index is 13.4. The summed E-state index contributed by atoms with van der Waals surface area (Å²) in [6.07, 6.45) is 0. The number of benzene rings is 1. The first-order chi connectivity index (χ1) is 8.11. The van der Waals surface area contributed by atoms with Crippen molar-refractivity contribution in [2.45, 2.75) is 0 Å². The Balaban J connectivity index is 2.45. The van der Waals surface area contributed by atoms with Crippen LogP contribution in [0.15, 0.2) is 30.3 Å². The van der Waals surface area contributed by atoms with Crippen molar-refractivity contribution in [2.75, 3.05) is 0 Å². The number of nitriles is 1. The molecule has 0 atom stereocenters. The molecule has 0 saturated carbocycles. The van der Waals surface area contributed by atoms with Gasteiger partial charge in [-0.3, -0.25) is 0 Å². The zero-order valence-corrected chi connectivity index (χ0v) is 9.29. The number of aromatic carboxylic acids is 1. The van der Waals surface area contributed by atoms with E-state index in [1.54, 1.807) is 12.1 Å².